The highest BCUT2D eigenvalue weighted by molar-refractivity contribution is 7.98. The van der Waals surface area contributed by atoms with Crippen LogP contribution in [-0.2, 0) is 4.79 Å². The lowest BCUT2D eigenvalue weighted by Gasteiger charge is -2.10. The zero-order valence-electron chi connectivity index (χ0n) is 8.93. The van der Waals surface area contributed by atoms with E-state index in [1.54, 1.807) is 24.6 Å². The Balaban J connectivity index is 2.84. The predicted molar refractivity (Wildman–Crippen MR) is 60.6 cm³/mol. The van der Waals surface area contributed by atoms with E-state index in [-0.39, 0.29) is 0 Å². The predicted octanol–water partition coefficient (Wildman–Crippen LogP) is 1.01. The fourth-order valence-corrected chi connectivity index (χ4v) is 1.61. The van der Waals surface area contributed by atoms with E-state index < -0.39 is 17.9 Å². The van der Waals surface area contributed by atoms with Gasteiger partial charge in [-0.3, -0.25) is 9.59 Å². The molecular weight excluding hydrogens is 228 g/mol. The van der Waals surface area contributed by atoms with Gasteiger partial charge in [-0.2, -0.15) is 0 Å². The molecule has 6 heteroatoms. The number of carboxylic acid groups (broad SMARTS) is 1. The SMILES string of the molecule is CSc1ncccc1C(=O)N[C@H](C)C(=O)O. The molecule has 0 aliphatic rings. The maximum atomic E-state index is 11.7. The van der Waals surface area contributed by atoms with Gasteiger partial charge in [0.25, 0.3) is 5.91 Å². The second-order valence-electron chi connectivity index (χ2n) is 3.09. The number of hydrogen-bond acceptors (Lipinski definition) is 4. The van der Waals surface area contributed by atoms with Crippen LogP contribution in [0.4, 0.5) is 0 Å². The van der Waals surface area contributed by atoms with Gasteiger partial charge < -0.3 is 10.4 Å². The summed E-state index contributed by atoms with van der Waals surface area (Å²) in [7, 11) is 0. The van der Waals surface area contributed by atoms with Gasteiger partial charge in [0.2, 0.25) is 0 Å². The molecular formula is C10H12N2O3S. The van der Waals surface area contributed by atoms with Crippen molar-refractivity contribution < 1.29 is 14.7 Å². The molecule has 1 atom stereocenters. The standard InChI is InChI=1S/C10H12N2O3S/c1-6(10(14)15)12-8(13)7-4-3-5-11-9(7)16-2/h3-6H,1-2H3,(H,12,13)(H,14,15)/t6-/m1/s1. The van der Waals surface area contributed by atoms with Gasteiger partial charge in [-0.05, 0) is 25.3 Å². The van der Waals surface area contributed by atoms with E-state index in [9.17, 15) is 9.59 Å². The number of carboxylic acids is 1. The molecule has 1 aromatic heterocycles. The summed E-state index contributed by atoms with van der Waals surface area (Å²) in [6, 6.07) is 2.34. The molecule has 5 nitrogen and oxygen atoms in total. The first-order chi connectivity index (χ1) is 7.56. The van der Waals surface area contributed by atoms with Crippen molar-refractivity contribution in [3.8, 4) is 0 Å². The molecule has 1 aromatic rings. The fourth-order valence-electron chi connectivity index (χ4n) is 1.06. The van der Waals surface area contributed by atoms with Crippen LogP contribution in [0.2, 0.25) is 0 Å². The number of pyridine rings is 1. The van der Waals surface area contributed by atoms with Crippen LogP contribution >= 0.6 is 11.8 Å². The lowest BCUT2D eigenvalue weighted by atomic mass is 10.2. The Hall–Kier alpha value is -1.56. The van der Waals surface area contributed by atoms with Crippen LogP contribution in [0.1, 0.15) is 17.3 Å². The van der Waals surface area contributed by atoms with Crippen molar-refractivity contribution in [2.75, 3.05) is 6.26 Å². The number of nitrogens with one attached hydrogen (secondary N) is 1. The van der Waals surface area contributed by atoms with Crippen molar-refractivity contribution >= 4 is 23.6 Å². The number of carbonyl (C=O) groups is 2. The minimum Gasteiger partial charge on any atom is -0.480 e. The van der Waals surface area contributed by atoms with Gasteiger partial charge in [0.1, 0.15) is 11.1 Å². The number of aromatic nitrogens is 1. The van der Waals surface area contributed by atoms with E-state index in [1.807, 2.05) is 0 Å². The average molecular weight is 240 g/mol. The highest BCUT2D eigenvalue weighted by Gasteiger charge is 2.17. The van der Waals surface area contributed by atoms with E-state index in [2.05, 4.69) is 10.3 Å². The largest absolute Gasteiger partial charge is 0.480 e. The van der Waals surface area contributed by atoms with E-state index in [0.29, 0.717) is 10.6 Å². The van der Waals surface area contributed by atoms with Crippen LogP contribution in [0.3, 0.4) is 0 Å². The lowest BCUT2D eigenvalue weighted by Crippen LogP contribution is -2.38. The Labute approximate surface area is 97.3 Å². The Morgan fingerprint density at radius 2 is 2.25 bits per heavy atom. The summed E-state index contributed by atoms with van der Waals surface area (Å²) < 4.78 is 0. The topological polar surface area (TPSA) is 79.3 Å². The summed E-state index contributed by atoms with van der Waals surface area (Å²) >= 11 is 1.34. The second-order valence-corrected chi connectivity index (χ2v) is 3.89. The first-order valence-corrected chi connectivity index (χ1v) is 5.81. The molecule has 0 saturated carbocycles. The highest BCUT2D eigenvalue weighted by Crippen LogP contribution is 2.16. The number of hydrogen-bond donors (Lipinski definition) is 2. The number of thioether (sulfide) groups is 1. The molecule has 0 bridgehead atoms. The Morgan fingerprint density at radius 1 is 1.56 bits per heavy atom. The van der Waals surface area contributed by atoms with Crippen LogP contribution in [-0.4, -0.2) is 34.3 Å². The number of nitrogens with zero attached hydrogens (tertiary/aromatic N) is 1. The lowest BCUT2D eigenvalue weighted by molar-refractivity contribution is -0.138. The minimum absolute atomic E-state index is 0.392. The fraction of sp³-hybridized carbons (Fsp3) is 0.300. The highest BCUT2D eigenvalue weighted by atomic mass is 32.2. The van der Waals surface area contributed by atoms with Crippen molar-refractivity contribution in [3.63, 3.8) is 0 Å². The van der Waals surface area contributed by atoms with Gasteiger partial charge in [0.05, 0.1) is 5.56 Å². The summed E-state index contributed by atoms with van der Waals surface area (Å²) in [5.74, 6) is -1.49. The van der Waals surface area contributed by atoms with Crippen molar-refractivity contribution in [2.24, 2.45) is 0 Å². The summed E-state index contributed by atoms with van der Waals surface area (Å²) in [5.41, 5.74) is 0.392. The van der Waals surface area contributed by atoms with Gasteiger partial charge in [-0.25, -0.2) is 4.98 Å². The van der Waals surface area contributed by atoms with Gasteiger partial charge in [-0.15, -0.1) is 11.8 Å². The van der Waals surface area contributed by atoms with Gasteiger partial charge in [0, 0.05) is 6.20 Å². The Bertz CT molecular complexity index is 409. The molecule has 1 amide bonds. The molecule has 0 aromatic carbocycles. The zero-order chi connectivity index (χ0) is 12.1. The van der Waals surface area contributed by atoms with E-state index in [0.717, 1.165) is 0 Å². The quantitative estimate of drug-likeness (QED) is 0.768. The molecule has 0 saturated heterocycles. The molecule has 2 N–H and O–H groups in total. The smallest absolute Gasteiger partial charge is 0.325 e. The van der Waals surface area contributed by atoms with Crippen molar-refractivity contribution in [1.82, 2.24) is 10.3 Å². The molecule has 0 aliphatic heterocycles. The second kappa shape index (κ2) is 5.50. The van der Waals surface area contributed by atoms with Crippen LogP contribution in [0.5, 0.6) is 0 Å². The van der Waals surface area contributed by atoms with E-state index in [1.165, 1.54) is 18.7 Å². The molecule has 0 spiro atoms. The summed E-state index contributed by atoms with van der Waals surface area (Å²) in [6.45, 7) is 1.41. The van der Waals surface area contributed by atoms with Gasteiger partial charge >= 0.3 is 5.97 Å². The molecule has 0 fully saturated rings. The Morgan fingerprint density at radius 3 is 2.81 bits per heavy atom. The summed E-state index contributed by atoms with van der Waals surface area (Å²) in [5, 5.41) is 11.6. The van der Waals surface area contributed by atoms with Crippen molar-refractivity contribution in [3.05, 3.63) is 23.9 Å². The third-order valence-corrected chi connectivity index (χ3v) is 2.64. The van der Waals surface area contributed by atoms with Gasteiger partial charge in [0.15, 0.2) is 0 Å². The summed E-state index contributed by atoms with van der Waals surface area (Å²) in [4.78, 5) is 26.3. The van der Waals surface area contributed by atoms with Crippen LogP contribution in [0, 0.1) is 0 Å². The molecule has 16 heavy (non-hydrogen) atoms. The first kappa shape index (κ1) is 12.5. The third kappa shape index (κ3) is 2.96. The van der Waals surface area contributed by atoms with Gasteiger partial charge in [-0.1, -0.05) is 0 Å². The molecule has 1 rings (SSSR count). The van der Waals surface area contributed by atoms with E-state index >= 15 is 0 Å². The van der Waals surface area contributed by atoms with Crippen molar-refractivity contribution in [2.45, 2.75) is 18.0 Å². The average Bonchev–Trinajstić information content (AvgIpc) is 2.28. The zero-order valence-corrected chi connectivity index (χ0v) is 9.75. The number of rotatable bonds is 4. The maximum Gasteiger partial charge on any atom is 0.325 e. The molecule has 0 unspecified atom stereocenters. The monoisotopic (exact) mass is 240 g/mol. The molecule has 0 radical (unpaired) electrons. The Kier molecular flexibility index (Phi) is 4.30. The minimum atomic E-state index is -1.07. The maximum absolute atomic E-state index is 11.7. The van der Waals surface area contributed by atoms with Crippen LogP contribution in [0.15, 0.2) is 23.4 Å². The summed E-state index contributed by atoms with van der Waals surface area (Å²) in [6.07, 6.45) is 3.39. The normalized spacial score (nSPS) is 11.9. The molecule has 0 aliphatic carbocycles. The number of aliphatic carboxylic acids is 1. The third-order valence-electron chi connectivity index (χ3n) is 1.93. The van der Waals surface area contributed by atoms with Crippen molar-refractivity contribution in [1.29, 1.82) is 0 Å². The first-order valence-electron chi connectivity index (χ1n) is 4.59. The molecule has 1 heterocycles. The van der Waals surface area contributed by atoms with Crippen LogP contribution in [0.25, 0.3) is 0 Å². The number of amides is 1. The van der Waals surface area contributed by atoms with E-state index in [4.69, 9.17) is 5.11 Å². The van der Waals surface area contributed by atoms with Crippen LogP contribution < -0.4 is 5.32 Å². The number of carbonyl (C=O) groups excluding carboxylic acids is 1. The molecule has 86 valence electrons.